The summed E-state index contributed by atoms with van der Waals surface area (Å²) in [5.41, 5.74) is 6.60. The highest BCUT2D eigenvalue weighted by molar-refractivity contribution is 6.35. The average molecular weight is 254 g/mol. The number of phenolic OH excluding ortho intramolecular Hbond substituents is 1. The topological polar surface area (TPSA) is 83.6 Å². The fourth-order valence-electron chi connectivity index (χ4n) is 2.18. The van der Waals surface area contributed by atoms with Crippen LogP contribution in [0.25, 0.3) is 0 Å². The summed E-state index contributed by atoms with van der Waals surface area (Å²) in [4.78, 5) is 25.4. The van der Waals surface area contributed by atoms with Crippen molar-refractivity contribution in [3.63, 3.8) is 0 Å². The van der Waals surface area contributed by atoms with Gasteiger partial charge in [-0.05, 0) is 24.3 Å². The summed E-state index contributed by atoms with van der Waals surface area (Å²) in [6.45, 7) is 0. The van der Waals surface area contributed by atoms with Crippen LogP contribution in [0.5, 0.6) is 5.75 Å². The van der Waals surface area contributed by atoms with E-state index in [4.69, 9.17) is 5.73 Å². The van der Waals surface area contributed by atoms with Crippen LogP contribution in [0.4, 0.5) is 11.4 Å². The van der Waals surface area contributed by atoms with E-state index in [1.807, 2.05) is 0 Å². The van der Waals surface area contributed by atoms with E-state index in [9.17, 15) is 14.7 Å². The fraction of sp³-hybridized carbons (Fsp3) is 0. The molecule has 0 saturated carbocycles. The zero-order valence-corrected chi connectivity index (χ0v) is 9.83. The number of phenols is 1. The number of anilines is 2. The van der Waals surface area contributed by atoms with Crippen molar-refractivity contribution in [1.82, 2.24) is 0 Å². The third kappa shape index (κ3) is 1.48. The van der Waals surface area contributed by atoms with Gasteiger partial charge in [0, 0.05) is 0 Å². The smallest absolute Gasteiger partial charge is 0.266 e. The SMILES string of the molecule is Nc1cccc(O)c1N1C(=O)c2ccccc2C1=O. The van der Waals surface area contributed by atoms with E-state index < -0.39 is 11.8 Å². The van der Waals surface area contributed by atoms with Gasteiger partial charge < -0.3 is 10.8 Å². The first-order chi connectivity index (χ1) is 9.11. The minimum Gasteiger partial charge on any atom is -0.506 e. The van der Waals surface area contributed by atoms with Gasteiger partial charge in [-0.25, -0.2) is 4.90 Å². The zero-order valence-electron chi connectivity index (χ0n) is 9.83. The van der Waals surface area contributed by atoms with Gasteiger partial charge in [-0.3, -0.25) is 9.59 Å². The maximum Gasteiger partial charge on any atom is 0.266 e. The number of nitrogen functional groups attached to an aromatic ring is 1. The van der Waals surface area contributed by atoms with E-state index in [0.717, 1.165) is 4.90 Å². The Labute approximate surface area is 108 Å². The number of imide groups is 1. The number of carbonyl (C=O) groups is 2. The molecule has 5 nitrogen and oxygen atoms in total. The van der Waals surface area contributed by atoms with Crippen LogP contribution < -0.4 is 10.6 Å². The first-order valence-corrected chi connectivity index (χ1v) is 5.66. The van der Waals surface area contributed by atoms with Crippen molar-refractivity contribution < 1.29 is 14.7 Å². The summed E-state index contributed by atoms with van der Waals surface area (Å²) in [7, 11) is 0. The molecular weight excluding hydrogens is 244 g/mol. The number of carbonyl (C=O) groups excluding carboxylic acids is 2. The number of rotatable bonds is 1. The summed E-state index contributed by atoms with van der Waals surface area (Å²) in [6.07, 6.45) is 0. The van der Waals surface area contributed by atoms with Gasteiger partial charge in [-0.15, -0.1) is 0 Å². The lowest BCUT2D eigenvalue weighted by Crippen LogP contribution is -2.30. The summed E-state index contributed by atoms with van der Waals surface area (Å²) >= 11 is 0. The quantitative estimate of drug-likeness (QED) is 0.600. The summed E-state index contributed by atoms with van der Waals surface area (Å²) < 4.78 is 0. The number of nitrogens with zero attached hydrogens (tertiary/aromatic N) is 1. The van der Waals surface area contributed by atoms with Gasteiger partial charge in [0.15, 0.2) is 0 Å². The van der Waals surface area contributed by atoms with E-state index in [1.165, 1.54) is 12.1 Å². The largest absolute Gasteiger partial charge is 0.506 e. The van der Waals surface area contributed by atoms with Crippen LogP contribution >= 0.6 is 0 Å². The molecule has 1 aliphatic heterocycles. The Morgan fingerprint density at radius 2 is 1.47 bits per heavy atom. The highest BCUT2D eigenvalue weighted by atomic mass is 16.3. The standard InChI is InChI=1S/C14H10N2O3/c15-10-6-3-7-11(17)12(10)16-13(18)8-4-1-2-5-9(8)14(16)19/h1-7,17H,15H2. The van der Waals surface area contributed by atoms with Gasteiger partial charge in [-0.1, -0.05) is 18.2 Å². The first kappa shape index (κ1) is 11.3. The van der Waals surface area contributed by atoms with Crippen LogP contribution in [0.2, 0.25) is 0 Å². The van der Waals surface area contributed by atoms with Crippen molar-refractivity contribution in [2.45, 2.75) is 0 Å². The molecule has 94 valence electrons. The van der Waals surface area contributed by atoms with Crippen molar-refractivity contribution >= 4 is 23.2 Å². The molecule has 5 heteroatoms. The van der Waals surface area contributed by atoms with Crippen LogP contribution in [-0.4, -0.2) is 16.9 Å². The number of para-hydroxylation sites is 1. The Hall–Kier alpha value is -2.82. The highest BCUT2D eigenvalue weighted by Crippen LogP contribution is 2.38. The average Bonchev–Trinajstić information content (AvgIpc) is 2.64. The number of hydrogen-bond donors (Lipinski definition) is 2. The summed E-state index contributed by atoms with van der Waals surface area (Å²) in [5, 5.41) is 9.84. The molecule has 0 bridgehead atoms. The lowest BCUT2D eigenvalue weighted by atomic mass is 10.1. The van der Waals surface area contributed by atoms with Gasteiger partial charge in [0.05, 0.1) is 16.8 Å². The molecule has 0 aliphatic carbocycles. The van der Waals surface area contributed by atoms with Crippen LogP contribution in [0.15, 0.2) is 42.5 Å². The van der Waals surface area contributed by atoms with Gasteiger partial charge >= 0.3 is 0 Å². The number of nitrogens with two attached hydrogens (primary N) is 1. The number of amides is 2. The zero-order chi connectivity index (χ0) is 13.6. The van der Waals surface area contributed by atoms with Gasteiger partial charge in [0.2, 0.25) is 0 Å². The fourth-order valence-corrected chi connectivity index (χ4v) is 2.18. The maximum absolute atomic E-state index is 12.3. The normalized spacial score (nSPS) is 13.8. The van der Waals surface area contributed by atoms with Crippen molar-refractivity contribution in [3.05, 3.63) is 53.6 Å². The second-order valence-electron chi connectivity index (χ2n) is 4.21. The molecule has 1 aliphatic rings. The van der Waals surface area contributed by atoms with Gasteiger partial charge in [0.1, 0.15) is 11.4 Å². The Bertz CT molecular complexity index is 654. The minimum atomic E-state index is -0.478. The van der Waals surface area contributed by atoms with Crippen LogP contribution in [0.3, 0.4) is 0 Å². The van der Waals surface area contributed by atoms with Crippen LogP contribution in [-0.2, 0) is 0 Å². The molecule has 19 heavy (non-hydrogen) atoms. The van der Waals surface area contributed by atoms with Crippen molar-refractivity contribution in [3.8, 4) is 5.75 Å². The van der Waals surface area contributed by atoms with E-state index in [2.05, 4.69) is 0 Å². The molecular formula is C14H10N2O3. The summed E-state index contributed by atoms with van der Waals surface area (Å²) in [5.74, 6) is -1.16. The molecule has 0 fully saturated rings. The maximum atomic E-state index is 12.3. The number of benzene rings is 2. The Morgan fingerprint density at radius 3 is 2.00 bits per heavy atom. The minimum absolute atomic E-state index is 0.0358. The van der Waals surface area contributed by atoms with Crippen LogP contribution in [0.1, 0.15) is 20.7 Å². The van der Waals surface area contributed by atoms with Crippen molar-refractivity contribution in [2.75, 3.05) is 10.6 Å². The van der Waals surface area contributed by atoms with Gasteiger partial charge in [-0.2, -0.15) is 0 Å². The van der Waals surface area contributed by atoms with Crippen molar-refractivity contribution in [2.24, 2.45) is 0 Å². The Kier molecular flexibility index (Phi) is 2.28. The van der Waals surface area contributed by atoms with E-state index in [0.29, 0.717) is 11.1 Å². The second kappa shape index (κ2) is 3.84. The molecule has 0 saturated heterocycles. The third-order valence-electron chi connectivity index (χ3n) is 3.06. The predicted molar refractivity (Wildman–Crippen MR) is 70.1 cm³/mol. The molecule has 1 heterocycles. The Morgan fingerprint density at radius 1 is 0.895 bits per heavy atom. The summed E-state index contributed by atoms with van der Waals surface area (Å²) in [6, 6.07) is 11.0. The molecule has 0 radical (unpaired) electrons. The van der Waals surface area contributed by atoms with Crippen molar-refractivity contribution in [1.29, 1.82) is 0 Å². The van der Waals surface area contributed by atoms with E-state index >= 15 is 0 Å². The molecule has 2 aromatic rings. The molecule has 0 spiro atoms. The second-order valence-corrected chi connectivity index (χ2v) is 4.21. The highest BCUT2D eigenvalue weighted by Gasteiger charge is 2.38. The first-order valence-electron chi connectivity index (χ1n) is 5.66. The monoisotopic (exact) mass is 254 g/mol. The molecule has 2 aromatic carbocycles. The molecule has 0 aromatic heterocycles. The van der Waals surface area contributed by atoms with Crippen LogP contribution in [0, 0.1) is 0 Å². The Balaban J connectivity index is 2.20. The molecule has 0 unspecified atom stereocenters. The molecule has 3 N–H and O–H groups in total. The number of hydrogen-bond acceptors (Lipinski definition) is 4. The van der Waals surface area contributed by atoms with E-state index in [-0.39, 0.29) is 17.1 Å². The number of aromatic hydroxyl groups is 1. The predicted octanol–water partition coefficient (Wildman–Crippen LogP) is 1.77. The molecule has 2 amide bonds. The molecule has 3 rings (SSSR count). The lowest BCUT2D eigenvalue weighted by Gasteiger charge is -2.17. The third-order valence-corrected chi connectivity index (χ3v) is 3.06. The van der Waals surface area contributed by atoms with Gasteiger partial charge in [0.25, 0.3) is 11.8 Å². The number of fused-ring (bicyclic) bond motifs is 1. The molecule has 0 atom stereocenters. The van der Waals surface area contributed by atoms with E-state index in [1.54, 1.807) is 30.3 Å². The lowest BCUT2D eigenvalue weighted by molar-refractivity contribution is 0.0925.